The SMILES string of the molecule is C/C=c1/c(-c2cccc(Cl)c2)c(CC(=O)O)c(=O)o/c1=C/C. The minimum atomic E-state index is -1.09. The Morgan fingerprint density at radius 1 is 1.32 bits per heavy atom. The van der Waals surface area contributed by atoms with Crippen molar-refractivity contribution >= 4 is 29.7 Å². The van der Waals surface area contributed by atoms with Crippen LogP contribution in [0.2, 0.25) is 5.02 Å². The van der Waals surface area contributed by atoms with Gasteiger partial charge in [-0.15, -0.1) is 0 Å². The summed E-state index contributed by atoms with van der Waals surface area (Å²) in [6.07, 6.45) is 3.06. The fourth-order valence-electron chi connectivity index (χ4n) is 2.39. The molecule has 0 saturated carbocycles. The van der Waals surface area contributed by atoms with Crippen molar-refractivity contribution in [2.75, 3.05) is 0 Å². The fraction of sp³-hybridized carbons (Fsp3) is 0.176. The molecular weight excluding hydrogens is 304 g/mol. The van der Waals surface area contributed by atoms with Gasteiger partial charge in [0.1, 0.15) is 5.42 Å². The molecule has 0 aliphatic rings. The molecule has 2 rings (SSSR count). The van der Waals surface area contributed by atoms with E-state index in [0.717, 1.165) is 0 Å². The molecule has 0 fully saturated rings. The number of carboxylic acids is 1. The summed E-state index contributed by atoms with van der Waals surface area (Å²) < 4.78 is 5.23. The lowest BCUT2D eigenvalue weighted by Crippen LogP contribution is -2.34. The number of benzene rings is 1. The van der Waals surface area contributed by atoms with Gasteiger partial charge in [0.25, 0.3) is 0 Å². The predicted octanol–water partition coefficient (Wildman–Crippen LogP) is 2.19. The van der Waals surface area contributed by atoms with Crippen LogP contribution in [-0.4, -0.2) is 11.1 Å². The lowest BCUT2D eigenvalue weighted by Gasteiger charge is -2.09. The average molecular weight is 319 g/mol. The lowest BCUT2D eigenvalue weighted by molar-refractivity contribution is -0.136. The first-order valence-electron chi connectivity index (χ1n) is 6.74. The number of rotatable bonds is 3. The molecule has 0 amide bonds. The van der Waals surface area contributed by atoms with Crippen molar-refractivity contribution in [1.82, 2.24) is 0 Å². The highest BCUT2D eigenvalue weighted by Gasteiger charge is 2.17. The topological polar surface area (TPSA) is 67.5 Å². The third-order valence-corrected chi connectivity index (χ3v) is 3.51. The van der Waals surface area contributed by atoms with Crippen molar-refractivity contribution in [1.29, 1.82) is 0 Å². The second-order valence-corrected chi connectivity index (χ2v) is 5.12. The van der Waals surface area contributed by atoms with E-state index in [-0.39, 0.29) is 5.56 Å². The standard InChI is InChI=1S/C17H15ClO4/c1-3-12-14(4-2)22-17(21)13(9-15(19)20)16(12)10-6-5-7-11(18)8-10/h3-8H,9H2,1-2H3,(H,19,20)/b12-3+,14-4+. The Hall–Kier alpha value is -2.33. The third-order valence-electron chi connectivity index (χ3n) is 3.28. The zero-order valence-electron chi connectivity index (χ0n) is 12.2. The van der Waals surface area contributed by atoms with E-state index in [1.807, 2.05) is 0 Å². The summed E-state index contributed by atoms with van der Waals surface area (Å²) in [5.41, 5.74) is 1.13. The minimum absolute atomic E-state index is 0.119. The molecule has 0 aliphatic carbocycles. The van der Waals surface area contributed by atoms with Crippen LogP contribution in [0.15, 0.2) is 33.5 Å². The highest BCUT2D eigenvalue weighted by atomic mass is 35.5. The zero-order chi connectivity index (χ0) is 16.3. The normalized spacial score (nSPS) is 12.7. The summed E-state index contributed by atoms with van der Waals surface area (Å²) in [7, 11) is 0. The van der Waals surface area contributed by atoms with E-state index >= 15 is 0 Å². The van der Waals surface area contributed by atoms with Crippen molar-refractivity contribution in [3.8, 4) is 11.1 Å². The van der Waals surface area contributed by atoms with Gasteiger partial charge in [0.2, 0.25) is 0 Å². The maximum atomic E-state index is 12.2. The highest BCUT2D eigenvalue weighted by Crippen LogP contribution is 2.21. The number of halogens is 1. The van der Waals surface area contributed by atoms with Crippen LogP contribution in [0, 0.1) is 0 Å². The molecule has 0 bridgehead atoms. The smallest absolute Gasteiger partial charge is 0.340 e. The van der Waals surface area contributed by atoms with Gasteiger partial charge in [0, 0.05) is 15.8 Å². The average Bonchev–Trinajstić information content (AvgIpc) is 2.48. The molecular formula is C17H15ClO4. The molecule has 0 saturated heterocycles. The summed E-state index contributed by atoms with van der Waals surface area (Å²) in [5.74, 6) is -1.09. The number of carbonyl (C=O) groups is 1. The second kappa shape index (κ2) is 6.62. The quantitative estimate of drug-likeness (QED) is 0.942. The van der Waals surface area contributed by atoms with Crippen LogP contribution in [0.1, 0.15) is 19.4 Å². The number of hydrogen-bond donors (Lipinski definition) is 1. The van der Waals surface area contributed by atoms with E-state index < -0.39 is 18.0 Å². The summed E-state index contributed by atoms with van der Waals surface area (Å²) in [4.78, 5) is 23.3. The fourth-order valence-corrected chi connectivity index (χ4v) is 2.58. The molecule has 0 aliphatic heterocycles. The van der Waals surface area contributed by atoms with Crippen molar-refractivity contribution < 1.29 is 14.3 Å². The van der Waals surface area contributed by atoms with Crippen LogP contribution < -0.4 is 16.3 Å². The number of carboxylic acid groups (broad SMARTS) is 1. The predicted molar refractivity (Wildman–Crippen MR) is 86.3 cm³/mol. The van der Waals surface area contributed by atoms with Gasteiger partial charge in [0.05, 0.1) is 12.0 Å². The second-order valence-electron chi connectivity index (χ2n) is 4.68. The van der Waals surface area contributed by atoms with E-state index in [2.05, 4.69) is 0 Å². The molecule has 0 radical (unpaired) electrons. The molecule has 5 heteroatoms. The first-order chi connectivity index (χ1) is 10.5. The largest absolute Gasteiger partial charge is 0.481 e. The van der Waals surface area contributed by atoms with Crippen LogP contribution in [0.25, 0.3) is 23.3 Å². The summed E-state index contributed by atoms with van der Waals surface area (Å²) in [6.45, 7) is 3.56. The maximum Gasteiger partial charge on any atom is 0.340 e. The molecule has 0 unspecified atom stereocenters. The zero-order valence-corrected chi connectivity index (χ0v) is 13.0. The van der Waals surface area contributed by atoms with E-state index in [4.69, 9.17) is 21.1 Å². The van der Waals surface area contributed by atoms with E-state index in [9.17, 15) is 9.59 Å². The minimum Gasteiger partial charge on any atom is -0.481 e. The lowest BCUT2D eigenvalue weighted by atomic mass is 9.97. The van der Waals surface area contributed by atoms with Gasteiger partial charge in [-0.1, -0.05) is 29.8 Å². The maximum absolute atomic E-state index is 12.2. The molecule has 0 atom stereocenters. The van der Waals surface area contributed by atoms with Crippen LogP contribution in [0.3, 0.4) is 0 Å². The molecule has 2 aromatic rings. The molecule has 114 valence electrons. The Morgan fingerprint density at radius 3 is 2.59 bits per heavy atom. The number of hydrogen-bond acceptors (Lipinski definition) is 3. The Balaban J connectivity index is 2.98. The van der Waals surface area contributed by atoms with E-state index in [0.29, 0.717) is 26.8 Å². The molecule has 1 N–H and O–H groups in total. The first kappa shape index (κ1) is 16.0. The van der Waals surface area contributed by atoms with Gasteiger partial charge >= 0.3 is 11.6 Å². The highest BCUT2D eigenvalue weighted by molar-refractivity contribution is 6.30. The Bertz CT molecular complexity index is 894. The number of aliphatic carboxylic acids is 1. The molecule has 22 heavy (non-hydrogen) atoms. The summed E-state index contributed by atoms with van der Waals surface area (Å²) >= 11 is 6.03. The van der Waals surface area contributed by atoms with Crippen LogP contribution in [0.4, 0.5) is 0 Å². The molecule has 1 aromatic heterocycles. The van der Waals surface area contributed by atoms with Gasteiger partial charge in [-0.05, 0) is 37.6 Å². The van der Waals surface area contributed by atoms with Crippen molar-refractivity contribution in [3.05, 3.63) is 55.9 Å². The molecule has 0 spiro atoms. The van der Waals surface area contributed by atoms with Crippen LogP contribution in [-0.2, 0) is 11.2 Å². The van der Waals surface area contributed by atoms with Crippen molar-refractivity contribution in [2.24, 2.45) is 0 Å². The van der Waals surface area contributed by atoms with Gasteiger partial charge in [-0.3, -0.25) is 4.79 Å². The van der Waals surface area contributed by atoms with Gasteiger partial charge in [0.15, 0.2) is 0 Å². The first-order valence-corrected chi connectivity index (χ1v) is 7.12. The van der Waals surface area contributed by atoms with E-state index in [1.54, 1.807) is 50.3 Å². The summed E-state index contributed by atoms with van der Waals surface area (Å²) in [5, 5.41) is 10.3. The van der Waals surface area contributed by atoms with Gasteiger partial charge in [-0.25, -0.2) is 4.79 Å². The van der Waals surface area contributed by atoms with E-state index in [1.165, 1.54) is 0 Å². The van der Waals surface area contributed by atoms with Crippen molar-refractivity contribution in [2.45, 2.75) is 20.3 Å². The molecule has 4 nitrogen and oxygen atoms in total. The third kappa shape index (κ3) is 3.12. The monoisotopic (exact) mass is 318 g/mol. The van der Waals surface area contributed by atoms with Gasteiger partial charge in [-0.2, -0.15) is 0 Å². The van der Waals surface area contributed by atoms with Crippen LogP contribution in [0.5, 0.6) is 0 Å². The Morgan fingerprint density at radius 2 is 2.05 bits per heavy atom. The molecule has 1 aromatic carbocycles. The summed E-state index contributed by atoms with van der Waals surface area (Å²) in [6, 6.07) is 6.97. The van der Waals surface area contributed by atoms with Crippen molar-refractivity contribution in [3.63, 3.8) is 0 Å². The van der Waals surface area contributed by atoms with Gasteiger partial charge < -0.3 is 9.52 Å². The Kier molecular flexibility index (Phi) is 4.83. The Labute approximate surface area is 132 Å². The molecule has 1 heterocycles. The van der Waals surface area contributed by atoms with Crippen LogP contribution >= 0.6 is 11.6 Å².